The molecule has 0 saturated carbocycles. The van der Waals surface area contributed by atoms with Crippen LogP contribution in [0.2, 0.25) is 0 Å². The van der Waals surface area contributed by atoms with Crippen molar-refractivity contribution in [1.82, 2.24) is 0 Å². The fraction of sp³-hybridized carbons (Fsp3) is 0.571. The molecule has 0 bridgehead atoms. The van der Waals surface area contributed by atoms with Crippen LogP contribution in [-0.4, -0.2) is 17.6 Å². The van der Waals surface area contributed by atoms with Crippen molar-refractivity contribution in [3.8, 4) is 0 Å². The van der Waals surface area contributed by atoms with Crippen molar-refractivity contribution in [2.45, 2.75) is 19.8 Å². The van der Waals surface area contributed by atoms with Crippen LogP contribution in [0.1, 0.15) is 19.8 Å². The molecule has 0 aliphatic carbocycles. The Kier molecular flexibility index (Phi) is 3.96. The van der Waals surface area contributed by atoms with E-state index in [-0.39, 0.29) is 0 Å². The zero-order chi connectivity index (χ0) is 9.72. The van der Waals surface area contributed by atoms with Gasteiger partial charge in [-0.2, -0.15) is 0 Å². The summed E-state index contributed by atoms with van der Waals surface area (Å²) < 4.78 is 0. The fourth-order valence-electron chi connectivity index (χ4n) is 0.882. The van der Waals surface area contributed by atoms with E-state index in [0.29, 0.717) is 6.42 Å². The van der Waals surface area contributed by atoms with Gasteiger partial charge in [0, 0.05) is 0 Å². The van der Waals surface area contributed by atoms with E-state index in [4.69, 9.17) is 11.5 Å². The molecular weight excluding hydrogens is 160 g/mol. The van der Waals surface area contributed by atoms with E-state index in [2.05, 4.69) is 0 Å². The monoisotopic (exact) mass is 172 g/mol. The zero-order valence-electron chi connectivity index (χ0n) is 6.87. The van der Waals surface area contributed by atoms with Crippen molar-refractivity contribution in [2.24, 2.45) is 17.4 Å². The highest BCUT2D eigenvalue weighted by atomic mass is 16.2. The lowest BCUT2D eigenvalue weighted by atomic mass is 9.98. The van der Waals surface area contributed by atoms with Gasteiger partial charge >= 0.3 is 0 Å². The van der Waals surface area contributed by atoms with Crippen LogP contribution in [0.4, 0.5) is 0 Å². The van der Waals surface area contributed by atoms with Gasteiger partial charge in [0.15, 0.2) is 5.78 Å². The zero-order valence-corrected chi connectivity index (χ0v) is 6.87. The number of rotatable bonds is 5. The standard InChI is InChI=1S/C7H12N2O3/c1-2-4(7(9)12)5(10)3-6(8)11/h4H,2-3H2,1H3,(H2,8,11)(H2,9,12). The number of carbonyl (C=O) groups excluding carboxylic acids is 3. The van der Waals surface area contributed by atoms with Crippen LogP contribution in [0.3, 0.4) is 0 Å². The molecule has 0 saturated heterocycles. The number of amides is 2. The van der Waals surface area contributed by atoms with Crippen molar-refractivity contribution < 1.29 is 14.4 Å². The minimum Gasteiger partial charge on any atom is -0.369 e. The summed E-state index contributed by atoms with van der Waals surface area (Å²) in [5, 5.41) is 0. The highest BCUT2D eigenvalue weighted by Crippen LogP contribution is 2.05. The van der Waals surface area contributed by atoms with Gasteiger partial charge in [0.25, 0.3) is 0 Å². The maximum atomic E-state index is 11.0. The van der Waals surface area contributed by atoms with Crippen molar-refractivity contribution in [1.29, 1.82) is 0 Å². The Morgan fingerprint density at radius 2 is 1.75 bits per heavy atom. The van der Waals surface area contributed by atoms with E-state index in [1.165, 1.54) is 0 Å². The van der Waals surface area contributed by atoms with E-state index < -0.39 is 29.9 Å². The van der Waals surface area contributed by atoms with E-state index in [0.717, 1.165) is 0 Å². The molecule has 0 rings (SSSR count). The Labute approximate surface area is 70.1 Å². The third kappa shape index (κ3) is 3.14. The maximum Gasteiger partial charge on any atom is 0.228 e. The summed E-state index contributed by atoms with van der Waals surface area (Å²) in [6.45, 7) is 1.65. The Hall–Kier alpha value is -1.39. The van der Waals surface area contributed by atoms with Crippen LogP contribution in [0.15, 0.2) is 0 Å². The Bertz CT molecular complexity index is 213. The summed E-state index contributed by atoms with van der Waals surface area (Å²) >= 11 is 0. The Morgan fingerprint density at radius 1 is 1.25 bits per heavy atom. The first-order valence-corrected chi connectivity index (χ1v) is 3.59. The largest absolute Gasteiger partial charge is 0.369 e. The molecule has 12 heavy (non-hydrogen) atoms. The lowest BCUT2D eigenvalue weighted by molar-refractivity contribution is -0.134. The number of ketones is 1. The minimum atomic E-state index is -0.877. The molecule has 0 fully saturated rings. The molecule has 0 heterocycles. The predicted octanol–water partition coefficient (Wildman–Crippen LogP) is -1.06. The highest BCUT2D eigenvalue weighted by molar-refractivity contribution is 6.07. The van der Waals surface area contributed by atoms with Gasteiger partial charge < -0.3 is 11.5 Å². The molecule has 4 N–H and O–H groups in total. The quantitative estimate of drug-likeness (QED) is 0.516. The second-order valence-electron chi connectivity index (χ2n) is 2.47. The van der Waals surface area contributed by atoms with Crippen molar-refractivity contribution >= 4 is 17.6 Å². The lowest BCUT2D eigenvalue weighted by Gasteiger charge is -2.06. The number of hydrogen-bond donors (Lipinski definition) is 2. The topological polar surface area (TPSA) is 103 Å². The molecule has 5 nitrogen and oxygen atoms in total. The first-order valence-electron chi connectivity index (χ1n) is 3.59. The third-order valence-corrected chi connectivity index (χ3v) is 1.49. The van der Waals surface area contributed by atoms with Gasteiger partial charge in [-0.1, -0.05) is 6.92 Å². The molecule has 68 valence electrons. The average Bonchev–Trinajstić information content (AvgIpc) is 1.85. The second kappa shape index (κ2) is 4.48. The van der Waals surface area contributed by atoms with E-state index in [1.807, 2.05) is 0 Å². The molecule has 5 heteroatoms. The highest BCUT2D eigenvalue weighted by Gasteiger charge is 2.22. The summed E-state index contributed by atoms with van der Waals surface area (Å²) in [5.41, 5.74) is 9.69. The number of nitrogens with two attached hydrogens (primary N) is 2. The molecule has 0 aromatic heterocycles. The van der Waals surface area contributed by atoms with Gasteiger partial charge in [-0.05, 0) is 6.42 Å². The maximum absolute atomic E-state index is 11.0. The minimum absolute atomic E-state index is 0.307. The Morgan fingerprint density at radius 3 is 2.00 bits per heavy atom. The van der Waals surface area contributed by atoms with Crippen molar-refractivity contribution in [3.05, 3.63) is 0 Å². The van der Waals surface area contributed by atoms with Gasteiger partial charge in [0.1, 0.15) is 0 Å². The first kappa shape index (κ1) is 10.6. The van der Waals surface area contributed by atoms with Crippen LogP contribution >= 0.6 is 0 Å². The molecule has 1 unspecified atom stereocenters. The lowest BCUT2D eigenvalue weighted by Crippen LogP contribution is -2.32. The van der Waals surface area contributed by atoms with Crippen molar-refractivity contribution in [2.75, 3.05) is 0 Å². The predicted molar refractivity (Wildman–Crippen MR) is 41.8 cm³/mol. The number of Topliss-reactive ketones (excluding diaryl/α,β-unsaturated/α-hetero) is 1. The summed E-state index contributed by atoms with van der Waals surface area (Å²) in [6, 6.07) is 0. The molecule has 0 aliphatic heterocycles. The van der Waals surface area contributed by atoms with Gasteiger partial charge in [-0.3, -0.25) is 14.4 Å². The summed E-state index contributed by atoms with van der Waals surface area (Å²) in [7, 11) is 0. The number of carbonyl (C=O) groups is 3. The molecule has 2 amide bonds. The van der Waals surface area contributed by atoms with Crippen LogP contribution in [0.25, 0.3) is 0 Å². The second-order valence-corrected chi connectivity index (χ2v) is 2.47. The molecule has 0 radical (unpaired) electrons. The molecule has 1 atom stereocenters. The van der Waals surface area contributed by atoms with Crippen molar-refractivity contribution in [3.63, 3.8) is 0 Å². The average molecular weight is 172 g/mol. The van der Waals surface area contributed by atoms with Crippen LogP contribution < -0.4 is 11.5 Å². The van der Waals surface area contributed by atoms with E-state index in [9.17, 15) is 14.4 Å². The molecule has 0 aromatic carbocycles. The van der Waals surface area contributed by atoms with Gasteiger partial charge in [0.2, 0.25) is 11.8 Å². The third-order valence-electron chi connectivity index (χ3n) is 1.49. The van der Waals surface area contributed by atoms with E-state index in [1.54, 1.807) is 6.92 Å². The first-order chi connectivity index (χ1) is 5.49. The van der Waals surface area contributed by atoms with E-state index >= 15 is 0 Å². The SMILES string of the molecule is CCC(C(N)=O)C(=O)CC(N)=O. The number of hydrogen-bond acceptors (Lipinski definition) is 3. The molecule has 0 aliphatic rings. The summed E-state index contributed by atoms with van der Waals surface area (Å²) in [6.07, 6.45) is -0.108. The summed E-state index contributed by atoms with van der Waals surface area (Å²) in [4.78, 5) is 31.9. The Balaban J connectivity index is 4.22. The van der Waals surface area contributed by atoms with Crippen LogP contribution in [0, 0.1) is 5.92 Å². The fourth-order valence-corrected chi connectivity index (χ4v) is 0.882. The normalized spacial score (nSPS) is 12.1. The smallest absolute Gasteiger partial charge is 0.228 e. The molecule has 0 aromatic rings. The number of primary amides is 2. The summed E-state index contributed by atoms with van der Waals surface area (Å²) in [5.74, 6) is -2.82. The van der Waals surface area contributed by atoms with Gasteiger partial charge in [-0.15, -0.1) is 0 Å². The molecule has 0 spiro atoms. The van der Waals surface area contributed by atoms with Gasteiger partial charge in [0.05, 0.1) is 12.3 Å². The van der Waals surface area contributed by atoms with Crippen LogP contribution in [-0.2, 0) is 14.4 Å². The van der Waals surface area contributed by atoms with Crippen LogP contribution in [0.5, 0.6) is 0 Å². The molecular formula is C7H12N2O3. The van der Waals surface area contributed by atoms with Gasteiger partial charge in [-0.25, -0.2) is 0 Å².